The van der Waals surface area contributed by atoms with Crippen molar-refractivity contribution in [1.29, 1.82) is 94.7 Å². The van der Waals surface area contributed by atoms with Crippen LogP contribution in [0, 0.1) is 355 Å². The Morgan fingerprint density at radius 3 is 0.116 bits per heavy atom. The monoisotopic (exact) mass is 1190 g/mol. The summed E-state index contributed by atoms with van der Waals surface area (Å²) in [5.74, 6) is 0. The van der Waals surface area contributed by atoms with E-state index in [4.69, 9.17) is 213 Å². The molecular formula is C18Fe3La4N18. The number of hydrogen-bond acceptors (Lipinski definition) is 18. The van der Waals surface area contributed by atoms with Crippen molar-refractivity contribution in [3.63, 3.8) is 0 Å². The summed E-state index contributed by atoms with van der Waals surface area (Å²) < 4.78 is 0. The second-order valence-electron chi connectivity index (χ2n) is 0. The van der Waals surface area contributed by atoms with Crippen LogP contribution < -0.4 is 0 Å². The molecule has 0 aliphatic rings. The minimum Gasteiger partial charge on any atom is -0.512 e. The molecule has 0 spiro atoms. The van der Waals surface area contributed by atoms with Gasteiger partial charge in [-0.25, -0.2) is 0 Å². The van der Waals surface area contributed by atoms with Crippen molar-refractivity contribution in [3.8, 4) is 0 Å². The Balaban J connectivity index is -0.00000000344. The number of hydrogen-bond donors (Lipinski definition) is 0. The second kappa shape index (κ2) is 7060. The fourth-order valence-corrected chi connectivity index (χ4v) is 0. The van der Waals surface area contributed by atoms with Crippen molar-refractivity contribution in [2.75, 3.05) is 0 Å². The SMILES string of the molecule is [C-]#N.[C-]#N.[C-]#N.[C-]#N.[C-]#N.[C-]#N.[C-]#N.[C-]#N.[C-]#N.[C-]#N.[C-]#N.[C-]#N.[C-]#N.[C-]#N.[C-]#N.[C-]#N.[C-]#N.[C-]#N.[Fe+2].[Fe+2].[Fe+2].[La+3].[La+3].[La+3].[La+3]. The first-order valence-electron chi connectivity index (χ1n) is 4.02. The Bertz CT molecular complexity index is 381. The van der Waals surface area contributed by atoms with Gasteiger partial charge in [0.15, 0.2) is 0 Å². The molecule has 0 aromatic carbocycles. The quantitative estimate of drug-likeness (QED) is 0.246. The van der Waals surface area contributed by atoms with E-state index >= 15 is 0 Å². The van der Waals surface area contributed by atoms with Gasteiger partial charge in [-0.05, 0) is 0 Å². The normalized spacial score (nSPS) is 0.837. The van der Waals surface area contributed by atoms with Gasteiger partial charge >= 0.3 is 194 Å². The summed E-state index contributed by atoms with van der Waals surface area (Å²) in [6.07, 6.45) is 0. The van der Waals surface area contributed by atoms with Crippen LogP contribution in [0.1, 0.15) is 0 Å². The molecule has 0 aliphatic heterocycles. The molecule has 0 aliphatic carbocycles. The summed E-state index contributed by atoms with van der Waals surface area (Å²) >= 11 is 0. The van der Waals surface area contributed by atoms with E-state index in [-0.39, 0.29) is 194 Å². The van der Waals surface area contributed by atoms with E-state index in [9.17, 15) is 0 Å². The predicted molar refractivity (Wildman–Crippen MR) is 89.4 cm³/mol. The minimum atomic E-state index is 0. The van der Waals surface area contributed by atoms with Crippen LogP contribution in [0.15, 0.2) is 0 Å². The Morgan fingerprint density at radius 1 is 0.116 bits per heavy atom. The summed E-state index contributed by atoms with van der Waals surface area (Å²) in [7, 11) is 0. The minimum absolute atomic E-state index is 0. The van der Waals surface area contributed by atoms with E-state index in [0.717, 1.165) is 0 Å². The van der Waals surface area contributed by atoms with Crippen molar-refractivity contribution in [1.82, 2.24) is 0 Å². The maximum atomic E-state index is 6.25. The molecule has 0 bridgehead atoms. The molecule has 43 heavy (non-hydrogen) atoms. The van der Waals surface area contributed by atoms with E-state index in [1.165, 1.54) is 0 Å². The summed E-state index contributed by atoms with van der Waals surface area (Å²) in [5, 5.41) is 112. The fourth-order valence-electron chi connectivity index (χ4n) is 0. The number of rotatable bonds is 0. The van der Waals surface area contributed by atoms with Gasteiger partial charge in [0.2, 0.25) is 0 Å². The Labute approximate surface area is 399 Å². The van der Waals surface area contributed by atoms with Crippen LogP contribution in [0.2, 0.25) is 0 Å². The molecular weight excluding hydrogens is 1190 g/mol. The standard InChI is InChI=1S/18CN.3Fe.4La/c18*1-2;;;;;;;/q18*-1;3*+2;4*+3. The van der Waals surface area contributed by atoms with Gasteiger partial charge in [0, 0.05) is 0 Å². The van der Waals surface area contributed by atoms with E-state index in [2.05, 4.69) is 0 Å². The summed E-state index contributed by atoms with van der Waals surface area (Å²) in [6, 6.07) is 0. The van der Waals surface area contributed by atoms with Crippen LogP contribution >= 0.6 is 0 Å². The van der Waals surface area contributed by atoms with E-state index in [1.54, 1.807) is 0 Å². The van der Waals surface area contributed by atoms with Crippen molar-refractivity contribution < 1.29 is 194 Å². The maximum Gasteiger partial charge on any atom is 3.00 e. The van der Waals surface area contributed by atoms with Crippen LogP contribution in [-0.2, 0) is 51.2 Å². The molecule has 18 nitrogen and oxygen atoms in total. The van der Waals surface area contributed by atoms with Crippen LogP contribution in [0.5, 0.6) is 0 Å². The first-order valence-corrected chi connectivity index (χ1v) is 4.02. The summed E-state index contributed by atoms with van der Waals surface area (Å²) in [6.45, 7) is 85.5. The molecule has 0 unspecified atom stereocenters. The maximum absolute atomic E-state index is 6.25. The van der Waals surface area contributed by atoms with Crippen LogP contribution in [0.25, 0.3) is 0 Å². The third-order valence-electron chi connectivity index (χ3n) is 0. The first kappa shape index (κ1) is 268. The molecule has 0 amide bonds. The molecule has 0 saturated heterocycles. The molecule has 0 fully saturated rings. The summed E-state index contributed by atoms with van der Waals surface area (Å²) in [5.41, 5.74) is 0. The zero-order chi connectivity index (χ0) is 36.0. The molecule has 0 radical (unpaired) electrons. The molecule has 0 N–H and O–H groups in total. The zero-order valence-electron chi connectivity index (χ0n) is 20.4. The smallest absolute Gasteiger partial charge is 0.512 e. The molecule has 0 heterocycles. The second-order valence-corrected chi connectivity index (χ2v) is 0. The van der Waals surface area contributed by atoms with Gasteiger partial charge in [0.05, 0.1) is 0 Å². The van der Waals surface area contributed by atoms with Gasteiger partial charge in [0.25, 0.3) is 0 Å². The van der Waals surface area contributed by atoms with Crippen molar-refractivity contribution >= 4 is 0 Å². The topological polar surface area (TPSA) is 428 Å². The van der Waals surface area contributed by atoms with Gasteiger partial charge in [0.1, 0.15) is 0 Å². The van der Waals surface area contributed by atoms with Crippen molar-refractivity contribution in [2.45, 2.75) is 0 Å². The van der Waals surface area contributed by atoms with Crippen LogP contribution in [0.3, 0.4) is 0 Å². The van der Waals surface area contributed by atoms with E-state index in [0.29, 0.717) is 0 Å². The number of nitrogens with zero attached hydrogens (tertiary/aromatic N) is 18. The van der Waals surface area contributed by atoms with Crippen LogP contribution in [0.4, 0.5) is 0 Å². The van der Waals surface area contributed by atoms with E-state index in [1.807, 2.05) is 0 Å². The predicted octanol–water partition coefficient (Wildman–Crippen LogP) is 1.73. The van der Waals surface area contributed by atoms with Crippen LogP contribution in [-0.4, -0.2) is 0 Å². The molecule has 0 aromatic heterocycles. The van der Waals surface area contributed by atoms with Crippen molar-refractivity contribution in [3.05, 3.63) is 118 Å². The average molecular weight is 1190 g/mol. The molecule has 0 atom stereocenters. The van der Waals surface area contributed by atoms with Crippen molar-refractivity contribution in [2.24, 2.45) is 0 Å². The Kier molecular flexibility index (Phi) is 44000. The first-order chi connectivity index (χ1) is 18.0. The molecule has 25 heteroatoms. The molecule has 0 aromatic rings. The average Bonchev–Trinajstić information content (AvgIpc) is 3.13. The Hall–Kier alpha value is -2.84. The third-order valence-corrected chi connectivity index (χ3v) is 0. The van der Waals surface area contributed by atoms with E-state index < -0.39 is 0 Å². The zero-order valence-corrected chi connectivity index (χ0v) is 38.2. The van der Waals surface area contributed by atoms with Gasteiger partial charge in [-0.15, -0.1) is 0 Å². The van der Waals surface area contributed by atoms with Gasteiger partial charge in [-0.1, -0.05) is 0 Å². The fraction of sp³-hybridized carbons (Fsp3) is 0. The molecule has 198 valence electrons. The largest absolute Gasteiger partial charge is 3.00 e. The molecule has 0 saturated carbocycles. The van der Waals surface area contributed by atoms with Gasteiger partial charge in [-0.3, -0.25) is 0 Å². The van der Waals surface area contributed by atoms with Gasteiger partial charge in [-0.2, -0.15) is 0 Å². The van der Waals surface area contributed by atoms with Gasteiger partial charge < -0.3 is 213 Å². The third kappa shape index (κ3) is 6690. The summed E-state index contributed by atoms with van der Waals surface area (Å²) in [4.78, 5) is 0. The Morgan fingerprint density at radius 2 is 0.116 bits per heavy atom. The molecule has 0 rings (SSSR count).